The molecule has 27 heavy (non-hydrogen) atoms. The number of hydrogen-bond acceptors (Lipinski definition) is 5. The minimum absolute atomic E-state index is 0.267. The Morgan fingerprint density at radius 1 is 1.04 bits per heavy atom. The van der Waals surface area contributed by atoms with E-state index in [4.69, 9.17) is 11.5 Å². The van der Waals surface area contributed by atoms with Gasteiger partial charge in [0.1, 0.15) is 0 Å². The van der Waals surface area contributed by atoms with E-state index < -0.39 is 0 Å². The van der Waals surface area contributed by atoms with Gasteiger partial charge >= 0.3 is 0 Å². The number of allylic oxidation sites excluding steroid dienone is 1. The third-order valence-corrected chi connectivity index (χ3v) is 5.38. The molecule has 0 aliphatic rings. The minimum atomic E-state index is -0.267. The molecule has 0 fully saturated rings. The summed E-state index contributed by atoms with van der Waals surface area (Å²) in [6.45, 7) is 2.04. The summed E-state index contributed by atoms with van der Waals surface area (Å²) in [4.78, 5) is 4.94. The van der Waals surface area contributed by atoms with Crippen LogP contribution in [0.2, 0.25) is 0 Å². The van der Waals surface area contributed by atoms with Crippen LogP contribution >= 0.6 is 11.8 Å². The van der Waals surface area contributed by atoms with Gasteiger partial charge in [-0.05, 0) is 47.9 Å². The summed E-state index contributed by atoms with van der Waals surface area (Å²) < 4.78 is 0. The molecule has 0 aliphatic carbocycles. The number of rotatable bonds is 5. The fourth-order valence-corrected chi connectivity index (χ4v) is 3.82. The molecule has 1 atom stereocenters. The van der Waals surface area contributed by atoms with Crippen LogP contribution in [0.4, 0.5) is 5.69 Å². The minimum Gasteiger partial charge on any atom is -0.398 e. The van der Waals surface area contributed by atoms with Gasteiger partial charge in [-0.3, -0.25) is 4.98 Å². The summed E-state index contributed by atoms with van der Waals surface area (Å²) >= 11 is 1.32. The first-order chi connectivity index (χ1) is 13.1. The molecule has 0 saturated heterocycles. The largest absolute Gasteiger partial charge is 0.398 e. The fraction of sp³-hybridized carbons (Fsp3) is 0.0909. The quantitative estimate of drug-likeness (QED) is 0.388. The van der Waals surface area contributed by atoms with E-state index >= 15 is 0 Å². The van der Waals surface area contributed by atoms with Crippen LogP contribution in [0.25, 0.3) is 0 Å². The van der Waals surface area contributed by atoms with Crippen LogP contribution in [0.3, 0.4) is 0 Å². The molecule has 1 aromatic heterocycles. The Hall–Kier alpha value is -3.23. The van der Waals surface area contributed by atoms with Gasteiger partial charge in [-0.15, -0.1) is 0 Å². The zero-order chi connectivity index (χ0) is 19.2. The van der Waals surface area contributed by atoms with Gasteiger partial charge in [0, 0.05) is 28.9 Å². The lowest BCUT2D eigenvalue weighted by Gasteiger charge is -2.21. The molecule has 1 heterocycles. The second kappa shape index (κ2) is 8.43. The van der Waals surface area contributed by atoms with Crippen molar-refractivity contribution in [1.82, 2.24) is 4.98 Å². The Labute approximate surface area is 163 Å². The number of nitriles is 1. The van der Waals surface area contributed by atoms with Crippen LogP contribution in [-0.4, -0.2) is 4.98 Å². The number of nitrogens with zero attached hydrogens (tertiary/aromatic N) is 2. The second-order valence-electron chi connectivity index (χ2n) is 6.10. The van der Waals surface area contributed by atoms with Crippen molar-refractivity contribution in [1.29, 1.82) is 5.26 Å². The predicted molar refractivity (Wildman–Crippen MR) is 111 cm³/mol. The van der Waals surface area contributed by atoms with Gasteiger partial charge in [0.05, 0.1) is 16.7 Å². The topological polar surface area (TPSA) is 88.7 Å². The highest BCUT2D eigenvalue weighted by Crippen LogP contribution is 2.38. The van der Waals surface area contributed by atoms with Crippen LogP contribution in [-0.2, 0) is 0 Å². The van der Waals surface area contributed by atoms with Gasteiger partial charge in [-0.1, -0.05) is 48.2 Å². The van der Waals surface area contributed by atoms with Crippen LogP contribution in [0.1, 0.15) is 22.6 Å². The molecule has 0 radical (unpaired) electrons. The summed E-state index contributed by atoms with van der Waals surface area (Å²) in [5, 5.41) is 10.4. The molecule has 0 spiro atoms. The van der Waals surface area contributed by atoms with E-state index in [1.807, 2.05) is 67.6 Å². The molecular formula is C22H20N4S. The third-order valence-electron chi connectivity index (χ3n) is 4.35. The van der Waals surface area contributed by atoms with E-state index in [9.17, 15) is 5.26 Å². The SMILES string of the molecule is Cc1ccccc1C(/C(C#N)=C(/N)Sc1ccccc1N)c1ccncc1. The van der Waals surface area contributed by atoms with E-state index in [0.717, 1.165) is 21.6 Å². The maximum Gasteiger partial charge on any atom is 0.0984 e. The Kier molecular flexibility index (Phi) is 5.80. The molecule has 4 nitrogen and oxygen atoms in total. The number of para-hydroxylation sites is 1. The first-order valence-corrected chi connectivity index (χ1v) is 9.31. The van der Waals surface area contributed by atoms with E-state index in [2.05, 4.69) is 11.1 Å². The number of aryl methyl sites for hydroxylation is 1. The van der Waals surface area contributed by atoms with Crippen LogP contribution in [0.5, 0.6) is 0 Å². The average Bonchev–Trinajstić information content (AvgIpc) is 2.69. The summed E-state index contributed by atoms with van der Waals surface area (Å²) in [6, 6.07) is 21.7. The second-order valence-corrected chi connectivity index (χ2v) is 7.18. The number of benzene rings is 2. The van der Waals surface area contributed by atoms with Crippen LogP contribution in [0, 0.1) is 18.3 Å². The molecule has 3 rings (SSSR count). The molecule has 4 N–H and O–H groups in total. The first kappa shape index (κ1) is 18.6. The number of anilines is 1. The van der Waals surface area contributed by atoms with Gasteiger partial charge < -0.3 is 11.5 Å². The van der Waals surface area contributed by atoms with Crippen molar-refractivity contribution in [2.75, 3.05) is 5.73 Å². The molecular weight excluding hydrogens is 352 g/mol. The molecule has 0 aliphatic heterocycles. The van der Waals surface area contributed by atoms with Crippen molar-refractivity contribution < 1.29 is 0 Å². The lowest BCUT2D eigenvalue weighted by Crippen LogP contribution is -2.11. The highest BCUT2D eigenvalue weighted by molar-refractivity contribution is 8.03. The van der Waals surface area contributed by atoms with Crippen LogP contribution < -0.4 is 11.5 Å². The van der Waals surface area contributed by atoms with Gasteiger partial charge in [0.2, 0.25) is 0 Å². The highest BCUT2D eigenvalue weighted by atomic mass is 32.2. The smallest absolute Gasteiger partial charge is 0.0984 e. The average molecular weight is 372 g/mol. The van der Waals surface area contributed by atoms with E-state index in [-0.39, 0.29) is 5.92 Å². The molecule has 1 unspecified atom stereocenters. The van der Waals surface area contributed by atoms with Crippen LogP contribution in [0.15, 0.2) is 88.6 Å². The Morgan fingerprint density at radius 2 is 1.70 bits per heavy atom. The normalized spacial score (nSPS) is 12.7. The molecule has 134 valence electrons. The van der Waals surface area contributed by atoms with Gasteiger partial charge in [-0.25, -0.2) is 0 Å². The van der Waals surface area contributed by atoms with Gasteiger partial charge in [0.25, 0.3) is 0 Å². The van der Waals surface area contributed by atoms with Crippen molar-refractivity contribution in [3.8, 4) is 6.07 Å². The number of nitrogen functional groups attached to an aromatic ring is 1. The number of pyridine rings is 1. The van der Waals surface area contributed by atoms with E-state index in [1.54, 1.807) is 12.4 Å². The Balaban J connectivity index is 2.13. The zero-order valence-electron chi connectivity index (χ0n) is 15.0. The number of hydrogen-bond donors (Lipinski definition) is 2. The van der Waals surface area contributed by atoms with E-state index in [0.29, 0.717) is 16.3 Å². The van der Waals surface area contributed by atoms with Crippen molar-refractivity contribution in [3.05, 3.63) is 100 Å². The number of aromatic nitrogens is 1. The van der Waals surface area contributed by atoms with Gasteiger partial charge in [-0.2, -0.15) is 5.26 Å². The molecule has 0 saturated carbocycles. The third kappa shape index (κ3) is 4.13. The van der Waals surface area contributed by atoms with E-state index in [1.165, 1.54) is 11.8 Å². The number of nitrogens with two attached hydrogens (primary N) is 2. The summed E-state index contributed by atoms with van der Waals surface area (Å²) in [6.07, 6.45) is 3.46. The lowest BCUT2D eigenvalue weighted by molar-refractivity contribution is 0.951. The monoisotopic (exact) mass is 372 g/mol. The number of thioether (sulfide) groups is 1. The lowest BCUT2D eigenvalue weighted by atomic mass is 9.84. The van der Waals surface area contributed by atoms with Crippen molar-refractivity contribution >= 4 is 17.4 Å². The van der Waals surface area contributed by atoms with Gasteiger partial charge in [0.15, 0.2) is 0 Å². The molecule has 5 heteroatoms. The molecule has 0 bridgehead atoms. The van der Waals surface area contributed by atoms with Crippen molar-refractivity contribution in [3.63, 3.8) is 0 Å². The maximum absolute atomic E-state index is 9.98. The molecule has 2 aromatic carbocycles. The van der Waals surface area contributed by atoms with Crippen molar-refractivity contribution in [2.45, 2.75) is 17.7 Å². The standard InChI is InChI=1S/C22H20N4S/c1-15-6-2-3-7-17(15)21(16-10-12-26-13-11-16)18(14-23)22(25)27-20-9-5-4-8-19(20)24/h2-13,21H,24-25H2,1H3/b22-18-. The maximum atomic E-state index is 9.98. The Morgan fingerprint density at radius 3 is 2.37 bits per heavy atom. The summed E-state index contributed by atoms with van der Waals surface area (Å²) in [7, 11) is 0. The fourth-order valence-electron chi connectivity index (χ4n) is 2.98. The predicted octanol–water partition coefficient (Wildman–Crippen LogP) is 4.59. The Bertz CT molecular complexity index is 1010. The first-order valence-electron chi connectivity index (χ1n) is 8.49. The zero-order valence-corrected chi connectivity index (χ0v) is 15.8. The van der Waals surface area contributed by atoms with Crippen molar-refractivity contribution in [2.24, 2.45) is 5.73 Å². The summed E-state index contributed by atoms with van der Waals surface area (Å²) in [5.41, 5.74) is 16.7. The molecule has 3 aromatic rings. The highest BCUT2D eigenvalue weighted by Gasteiger charge is 2.24. The molecule has 0 amide bonds. The summed E-state index contributed by atoms with van der Waals surface area (Å²) in [5.74, 6) is -0.267.